The van der Waals surface area contributed by atoms with Crippen LogP contribution in [0.5, 0.6) is 5.75 Å². The van der Waals surface area contributed by atoms with Gasteiger partial charge in [0, 0.05) is 44.9 Å². The number of imide groups is 1. The van der Waals surface area contributed by atoms with Crippen molar-refractivity contribution in [3.05, 3.63) is 63.9 Å². The van der Waals surface area contributed by atoms with Gasteiger partial charge < -0.3 is 25.0 Å². The largest absolute Gasteiger partial charge is 0.494 e. The molecule has 39 heavy (non-hydrogen) atoms. The lowest BCUT2D eigenvalue weighted by molar-refractivity contribution is -0.120. The van der Waals surface area contributed by atoms with Crippen LogP contribution in [-0.4, -0.2) is 79.0 Å². The normalized spacial score (nSPS) is 20.5. The van der Waals surface area contributed by atoms with E-state index in [4.69, 9.17) is 14.5 Å². The van der Waals surface area contributed by atoms with Gasteiger partial charge >= 0.3 is 6.03 Å². The predicted molar refractivity (Wildman–Crippen MR) is 139 cm³/mol. The standard InChI is InChI=1S/C17H21N5O3.C10H10FNO2/c23-16-15(20-17(24)21-16)14-8-13-11(10-25-14)2-3-12(19-13)9-22-6-1-4-18-5-7-22;1-12-5-6-3-4-7(14-2)9(11)8(6)10(12)13/h2-3,8,15,18H,1,4-7,9-10H2,(H2,20,21,23,24);3-4H,5H2,1-2H3. The van der Waals surface area contributed by atoms with Crippen molar-refractivity contribution in [2.75, 3.05) is 40.3 Å². The SMILES string of the molecule is COc1ccc2c(c1F)C(=O)N(C)C2.O=C1NC(=O)C(C2=Cc3nc(CN4CCCNCC4)ccc3CO2)N1. The van der Waals surface area contributed by atoms with E-state index in [9.17, 15) is 18.8 Å². The Bertz CT molecular complexity index is 1320. The van der Waals surface area contributed by atoms with Gasteiger partial charge in [-0.2, -0.15) is 0 Å². The van der Waals surface area contributed by atoms with Crippen LogP contribution in [0.2, 0.25) is 0 Å². The molecule has 5 heterocycles. The molecule has 2 aromatic rings. The van der Waals surface area contributed by atoms with Crippen molar-refractivity contribution in [2.24, 2.45) is 0 Å². The third kappa shape index (κ3) is 5.71. The molecule has 11 nitrogen and oxygen atoms in total. The minimum atomic E-state index is -0.775. The number of hydrogen-bond acceptors (Lipinski definition) is 8. The molecule has 2 fully saturated rings. The van der Waals surface area contributed by atoms with Crippen LogP contribution in [0.25, 0.3) is 6.08 Å². The highest BCUT2D eigenvalue weighted by molar-refractivity contribution is 6.06. The van der Waals surface area contributed by atoms with Gasteiger partial charge in [-0.15, -0.1) is 0 Å². The number of halogens is 1. The summed E-state index contributed by atoms with van der Waals surface area (Å²) in [5.41, 5.74) is 3.65. The second-order valence-corrected chi connectivity index (χ2v) is 9.73. The fraction of sp³-hybridized carbons (Fsp3) is 0.407. The molecule has 0 saturated carbocycles. The summed E-state index contributed by atoms with van der Waals surface area (Å²) in [5, 5.41) is 8.17. The van der Waals surface area contributed by atoms with E-state index in [2.05, 4.69) is 20.9 Å². The van der Waals surface area contributed by atoms with Crippen LogP contribution in [0, 0.1) is 5.82 Å². The highest BCUT2D eigenvalue weighted by Crippen LogP contribution is 2.30. The maximum absolute atomic E-state index is 13.6. The molecule has 2 saturated heterocycles. The van der Waals surface area contributed by atoms with E-state index >= 15 is 0 Å². The van der Waals surface area contributed by atoms with Gasteiger partial charge in [0.05, 0.1) is 24.1 Å². The highest BCUT2D eigenvalue weighted by atomic mass is 19.1. The minimum Gasteiger partial charge on any atom is -0.494 e. The van der Waals surface area contributed by atoms with E-state index in [1.807, 2.05) is 12.1 Å². The molecule has 4 aliphatic rings. The molecule has 4 aliphatic heterocycles. The summed E-state index contributed by atoms with van der Waals surface area (Å²) < 4.78 is 24.1. The van der Waals surface area contributed by atoms with E-state index in [-0.39, 0.29) is 17.2 Å². The second kappa shape index (κ2) is 11.4. The Kier molecular flexibility index (Phi) is 7.75. The van der Waals surface area contributed by atoms with Crippen molar-refractivity contribution in [3.63, 3.8) is 0 Å². The Morgan fingerprint density at radius 2 is 1.95 bits per heavy atom. The molecule has 12 heteroatoms. The molecule has 1 aromatic carbocycles. The number of hydrogen-bond donors (Lipinski definition) is 3. The van der Waals surface area contributed by atoms with Crippen LogP contribution < -0.4 is 20.7 Å². The second-order valence-electron chi connectivity index (χ2n) is 9.73. The Morgan fingerprint density at radius 3 is 2.72 bits per heavy atom. The van der Waals surface area contributed by atoms with Gasteiger partial charge in [0.25, 0.3) is 11.8 Å². The summed E-state index contributed by atoms with van der Waals surface area (Å²) in [5.74, 6) is -0.685. The smallest absolute Gasteiger partial charge is 0.322 e. The zero-order valence-corrected chi connectivity index (χ0v) is 21.9. The van der Waals surface area contributed by atoms with Crippen LogP contribution in [0.1, 0.15) is 39.3 Å². The lowest BCUT2D eigenvalue weighted by atomic mass is 10.1. The third-order valence-corrected chi connectivity index (χ3v) is 7.00. The topological polar surface area (TPSA) is 125 Å². The number of benzene rings is 1. The highest BCUT2D eigenvalue weighted by Gasteiger charge is 2.35. The Balaban J connectivity index is 0.000000186. The summed E-state index contributed by atoms with van der Waals surface area (Å²) in [6.07, 6.45) is 2.89. The lowest BCUT2D eigenvalue weighted by Crippen LogP contribution is -2.33. The third-order valence-electron chi connectivity index (χ3n) is 7.00. The molecule has 0 bridgehead atoms. The van der Waals surface area contributed by atoms with Gasteiger partial charge in [-0.1, -0.05) is 12.1 Å². The number of fused-ring (bicyclic) bond motifs is 2. The monoisotopic (exact) mass is 538 g/mol. The summed E-state index contributed by atoms with van der Waals surface area (Å²) in [7, 11) is 3.03. The first kappa shape index (κ1) is 26.6. The van der Waals surface area contributed by atoms with Gasteiger partial charge in [0.15, 0.2) is 17.6 Å². The van der Waals surface area contributed by atoms with E-state index < -0.39 is 23.8 Å². The zero-order valence-electron chi connectivity index (χ0n) is 21.9. The number of methoxy groups -OCH3 is 1. The van der Waals surface area contributed by atoms with Crippen molar-refractivity contribution in [1.29, 1.82) is 0 Å². The molecule has 206 valence electrons. The molecule has 1 unspecified atom stereocenters. The number of carbonyl (C=O) groups excluding carboxylic acids is 3. The van der Waals surface area contributed by atoms with Crippen LogP contribution in [0.4, 0.5) is 9.18 Å². The number of urea groups is 1. The quantitative estimate of drug-likeness (QED) is 0.499. The maximum atomic E-state index is 13.6. The first-order chi connectivity index (χ1) is 18.8. The summed E-state index contributed by atoms with van der Waals surface area (Å²) in [6.45, 7) is 5.75. The lowest BCUT2D eigenvalue weighted by Gasteiger charge is -2.22. The number of rotatable bonds is 4. The fourth-order valence-electron chi connectivity index (χ4n) is 4.93. The summed E-state index contributed by atoms with van der Waals surface area (Å²) >= 11 is 0. The number of aromatic nitrogens is 1. The molecule has 0 radical (unpaired) electrons. The van der Waals surface area contributed by atoms with Crippen LogP contribution in [0.3, 0.4) is 0 Å². The first-order valence-corrected chi connectivity index (χ1v) is 12.8. The predicted octanol–water partition coefficient (Wildman–Crippen LogP) is 1.38. The Morgan fingerprint density at radius 1 is 1.13 bits per heavy atom. The molecule has 1 atom stereocenters. The van der Waals surface area contributed by atoms with E-state index in [0.717, 1.165) is 61.7 Å². The van der Waals surface area contributed by atoms with Gasteiger partial charge in [-0.05, 0) is 37.2 Å². The van der Waals surface area contributed by atoms with E-state index in [1.165, 1.54) is 12.0 Å². The molecule has 0 spiro atoms. The van der Waals surface area contributed by atoms with Gasteiger partial charge in [-0.3, -0.25) is 24.8 Å². The molecule has 1 aromatic heterocycles. The van der Waals surface area contributed by atoms with Crippen molar-refractivity contribution in [1.82, 2.24) is 30.7 Å². The van der Waals surface area contributed by atoms with Gasteiger partial charge in [0.2, 0.25) is 0 Å². The van der Waals surface area contributed by atoms with Gasteiger partial charge in [0.1, 0.15) is 12.4 Å². The number of pyridine rings is 1. The van der Waals surface area contributed by atoms with E-state index in [1.54, 1.807) is 25.3 Å². The number of nitrogens with one attached hydrogen (secondary N) is 3. The summed E-state index contributed by atoms with van der Waals surface area (Å²) in [6, 6.07) is 6.04. The van der Waals surface area contributed by atoms with E-state index in [0.29, 0.717) is 18.9 Å². The first-order valence-electron chi connectivity index (χ1n) is 12.8. The van der Waals surface area contributed by atoms with Crippen LogP contribution in [-0.2, 0) is 29.2 Å². The van der Waals surface area contributed by atoms with Crippen molar-refractivity contribution < 1.29 is 28.2 Å². The summed E-state index contributed by atoms with van der Waals surface area (Å²) in [4.78, 5) is 43.2. The van der Waals surface area contributed by atoms with Crippen LogP contribution >= 0.6 is 0 Å². The number of amides is 4. The molecule has 6 rings (SSSR count). The Labute approximate surface area is 225 Å². The average Bonchev–Trinajstić information content (AvgIpc) is 3.28. The number of carbonyl (C=O) groups is 3. The fourth-order valence-corrected chi connectivity index (χ4v) is 4.93. The molecular formula is C27H31FN6O5. The number of nitrogens with zero attached hydrogens (tertiary/aromatic N) is 3. The zero-order chi connectivity index (χ0) is 27.5. The average molecular weight is 539 g/mol. The molecule has 4 amide bonds. The van der Waals surface area contributed by atoms with Crippen LogP contribution in [0.15, 0.2) is 30.0 Å². The van der Waals surface area contributed by atoms with Gasteiger partial charge in [-0.25, -0.2) is 9.18 Å². The molecule has 3 N–H and O–H groups in total. The molecule has 0 aliphatic carbocycles. The van der Waals surface area contributed by atoms with Crippen molar-refractivity contribution >= 4 is 23.9 Å². The molecular weight excluding hydrogens is 507 g/mol. The maximum Gasteiger partial charge on any atom is 0.322 e. The number of ether oxygens (including phenoxy) is 2. The van der Waals surface area contributed by atoms with Crippen molar-refractivity contribution in [3.8, 4) is 5.75 Å². The van der Waals surface area contributed by atoms with Crippen molar-refractivity contribution in [2.45, 2.75) is 32.2 Å². The Hall–Kier alpha value is -4.03. The minimum absolute atomic E-state index is 0.118.